The van der Waals surface area contributed by atoms with Crippen LogP contribution < -0.4 is 0 Å². The smallest absolute Gasteiger partial charge is 0.242 e. The second-order valence-electron chi connectivity index (χ2n) is 6.98. The minimum absolute atomic E-state index is 0.0548. The molecule has 4 nitrogen and oxygen atoms in total. The van der Waals surface area contributed by atoms with Gasteiger partial charge < -0.3 is 9.80 Å². The monoisotopic (exact) mass is 326 g/mol. The standard InChI is InChI=1S/C20H26N2O2/c1-15-8-9-17(12-16(15)2)13-21-10-11-22(14-19(21)23)20(24)18-6-4-3-5-7-18/h3-4,8-9,12,18H,5-7,10-11,13-14H2,1-2H3. The molecule has 0 bridgehead atoms. The van der Waals surface area contributed by atoms with Gasteiger partial charge in [0.25, 0.3) is 0 Å². The van der Waals surface area contributed by atoms with Gasteiger partial charge in [0, 0.05) is 25.6 Å². The van der Waals surface area contributed by atoms with E-state index in [1.807, 2.05) is 4.90 Å². The van der Waals surface area contributed by atoms with E-state index in [2.05, 4.69) is 44.2 Å². The normalized spacial score (nSPS) is 21.2. The number of carbonyl (C=O) groups excluding carboxylic acids is 2. The highest BCUT2D eigenvalue weighted by Gasteiger charge is 2.31. The third-order valence-corrected chi connectivity index (χ3v) is 5.19. The maximum atomic E-state index is 12.6. The summed E-state index contributed by atoms with van der Waals surface area (Å²) in [5, 5.41) is 0. The van der Waals surface area contributed by atoms with E-state index in [4.69, 9.17) is 0 Å². The molecule has 128 valence electrons. The minimum Gasteiger partial charge on any atom is -0.335 e. The predicted octanol–water partition coefficient (Wildman–Crippen LogP) is 2.83. The van der Waals surface area contributed by atoms with Crippen LogP contribution in [0.2, 0.25) is 0 Å². The number of piperazine rings is 1. The predicted molar refractivity (Wildman–Crippen MR) is 94.4 cm³/mol. The molecular formula is C20H26N2O2. The lowest BCUT2D eigenvalue weighted by Crippen LogP contribution is -2.53. The fourth-order valence-electron chi connectivity index (χ4n) is 3.46. The van der Waals surface area contributed by atoms with Gasteiger partial charge in [0.15, 0.2) is 0 Å². The number of hydrogen-bond acceptors (Lipinski definition) is 2. The zero-order valence-electron chi connectivity index (χ0n) is 14.6. The molecule has 1 aromatic carbocycles. The maximum absolute atomic E-state index is 12.6. The summed E-state index contributed by atoms with van der Waals surface area (Å²) in [6.45, 7) is 6.32. The van der Waals surface area contributed by atoms with Gasteiger partial charge in [-0.05, 0) is 49.8 Å². The number of rotatable bonds is 3. The van der Waals surface area contributed by atoms with Crippen LogP contribution in [0.5, 0.6) is 0 Å². The summed E-state index contributed by atoms with van der Waals surface area (Å²) in [7, 11) is 0. The van der Waals surface area contributed by atoms with Crippen molar-refractivity contribution in [2.45, 2.75) is 39.7 Å². The van der Waals surface area contributed by atoms with Gasteiger partial charge in [0.1, 0.15) is 0 Å². The van der Waals surface area contributed by atoms with Crippen molar-refractivity contribution in [1.29, 1.82) is 0 Å². The molecule has 2 aliphatic rings. The molecule has 1 aromatic rings. The van der Waals surface area contributed by atoms with Gasteiger partial charge in [-0.15, -0.1) is 0 Å². The number of hydrogen-bond donors (Lipinski definition) is 0. The summed E-state index contributed by atoms with van der Waals surface area (Å²) in [6, 6.07) is 6.33. The van der Waals surface area contributed by atoms with Crippen molar-refractivity contribution in [1.82, 2.24) is 9.80 Å². The van der Waals surface area contributed by atoms with E-state index in [0.29, 0.717) is 19.6 Å². The van der Waals surface area contributed by atoms with Crippen molar-refractivity contribution in [3.63, 3.8) is 0 Å². The van der Waals surface area contributed by atoms with Crippen molar-refractivity contribution in [2.75, 3.05) is 19.6 Å². The van der Waals surface area contributed by atoms with Gasteiger partial charge in [-0.25, -0.2) is 0 Å². The first-order valence-corrected chi connectivity index (χ1v) is 8.82. The number of nitrogens with zero attached hydrogens (tertiary/aromatic N) is 2. The summed E-state index contributed by atoms with van der Waals surface area (Å²) in [6.07, 6.45) is 6.92. The Hall–Kier alpha value is -2.10. The van der Waals surface area contributed by atoms with Crippen molar-refractivity contribution in [3.05, 3.63) is 47.0 Å². The molecule has 0 radical (unpaired) electrons. The van der Waals surface area contributed by atoms with Crippen molar-refractivity contribution in [2.24, 2.45) is 5.92 Å². The van der Waals surface area contributed by atoms with Gasteiger partial charge >= 0.3 is 0 Å². The Morgan fingerprint density at radius 3 is 2.67 bits per heavy atom. The van der Waals surface area contributed by atoms with E-state index in [0.717, 1.165) is 24.8 Å². The van der Waals surface area contributed by atoms with Crippen LogP contribution in [0.4, 0.5) is 0 Å². The van der Waals surface area contributed by atoms with Crippen LogP contribution in [0.1, 0.15) is 36.0 Å². The topological polar surface area (TPSA) is 40.6 Å². The molecular weight excluding hydrogens is 300 g/mol. The molecule has 1 aliphatic carbocycles. The Labute approximate surface area is 144 Å². The lowest BCUT2D eigenvalue weighted by Gasteiger charge is -2.36. The fourth-order valence-corrected chi connectivity index (χ4v) is 3.46. The molecule has 1 atom stereocenters. The molecule has 24 heavy (non-hydrogen) atoms. The number of aryl methyl sites for hydroxylation is 2. The molecule has 4 heteroatoms. The Bertz CT molecular complexity index is 666. The fraction of sp³-hybridized carbons (Fsp3) is 0.500. The Kier molecular flexibility index (Phi) is 5.03. The molecule has 1 saturated heterocycles. The average Bonchev–Trinajstić information content (AvgIpc) is 2.60. The third kappa shape index (κ3) is 3.69. The summed E-state index contributed by atoms with van der Waals surface area (Å²) in [5.41, 5.74) is 3.67. The lowest BCUT2D eigenvalue weighted by atomic mass is 9.93. The van der Waals surface area contributed by atoms with E-state index >= 15 is 0 Å². The SMILES string of the molecule is Cc1ccc(CN2CCN(C(=O)C3CC=CCC3)CC2=O)cc1C. The molecule has 0 spiro atoms. The molecule has 1 unspecified atom stereocenters. The van der Waals surface area contributed by atoms with E-state index < -0.39 is 0 Å². The molecule has 0 saturated carbocycles. The first-order chi connectivity index (χ1) is 11.5. The number of amides is 2. The molecule has 1 aliphatic heterocycles. The number of carbonyl (C=O) groups is 2. The molecule has 0 aromatic heterocycles. The van der Waals surface area contributed by atoms with Gasteiger partial charge in [-0.2, -0.15) is 0 Å². The van der Waals surface area contributed by atoms with Crippen LogP contribution in [0.25, 0.3) is 0 Å². The van der Waals surface area contributed by atoms with Crippen molar-refractivity contribution >= 4 is 11.8 Å². The quantitative estimate of drug-likeness (QED) is 0.802. The first kappa shape index (κ1) is 16.7. The molecule has 2 amide bonds. The van der Waals surface area contributed by atoms with Gasteiger partial charge in [0.05, 0.1) is 6.54 Å². The minimum atomic E-state index is 0.0548. The highest BCUT2D eigenvalue weighted by Crippen LogP contribution is 2.22. The zero-order valence-corrected chi connectivity index (χ0v) is 14.6. The Balaban J connectivity index is 1.58. The van der Waals surface area contributed by atoms with Crippen LogP contribution >= 0.6 is 0 Å². The Morgan fingerprint density at radius 1 is 1.17 bits per heavy atom. The second kappa shape index (κ2) is 7.20. The number of allylic oxidation sites excluding steroid dienone is 2. The maximum Gasteiger partial charge on any atom is 0.242 e. The highest BCUT2D eigenvalue weighted by atomic mass is 16.2. The molecule has 0 N–H and O–H groups in total. The van der Waals surface area contributed by atoms with Gasteiger partial charge in [-0.1, -0.05) is 30.4 Å². The van der Waals surface area contributed by atoms with Gasteiger partial charge in [-0.3, -0.25) is 9.59 Å². The van der Waals surface area contributed by atoms with Crippen LogP contribution in [0.3, 0.4) is 0 Å². The lowest BCUT2D eigenvalue weighted by molar-refractivity contribution is -0.148. The highest BCUT2D eigenvalue weighted by molar-refractivity contribution is 5.87. The van der Waals surface area contributed by atoms with Crippen LogP contribution in [0.15, 0.2) is 30.4 Å². The van der Waals surface area contributed by atoms with Crippen molar-refractivity contribution in [3.8, 4) is 0 Å². The van der Waals surface area contributed by atoms with E-state index in [1.165, 1.54) is 11.1 Å². The van der Waals surface area contributed by atoms with E-state index in [1.54, 1.807) is 4.90 Å². The largest absolute Gasteiger partial charge is 0.335 e. The second-order valence-corrected chi connectivity index (χ2v) is 6.98. The molecule has 1 fully saturated rings. The summed E-state index contributed by atoms with van der Waals surface area (Å²) in [4.78, 5) is 28.7. The number of benzene rings is 1. The molecule has 1 heterocycles. The van der Waals surface area contributed by atoms with Crippen LogP contribution in [-0.4, -0.2) is 41.2 Å². The third-order valence-electron chi connectivity index (χ3n) is 5.19. The average molecular weight is 326 g/mol. The molecule has 3 rings (SSSR count). The van der Waals surface area contributed by atoms with E-state index in [9.17, 15) is 9.59 Å². The van der Waals surface area contributed by atoms with E-state index in [-0.39, 0.29) is 24.3 Å². The van der Waals surface area contributed by atoms with Gasteiger partial charge in [0.2, 0.25) is 11.8 Å². The van der Waals surface area contributed by atoms with Crippen molar-refractivity contribution < 1.29 is 9.59 Å². The zero-order chi connectivity index (χ0) is 17.1. The Morgan fingerprint density at radius 2 is 2.00 bits per heavy atom. The van der Waals surface area contributed by atoms with Crippen LogP contribution in [-0.2, 0) is 16.1 Å². The van der Waals surface area contributed by atoms with Crippen LogP contribution in [0, 0.1) is 19.8 Å². The summed E-state index contributed by atoms with van der Waals surface area (Å²) in [5.74, 6) is 0.270. The summed E-state index contributed by atoms with van der Waals surface area (Å²) >= 11 is 0. The first-order valence-electron chi connectivity index (χ1n) is 8.82. The summed E-state index contributed by atoms with van der Waals surface area (Å²) < 4.78 is 0.